The molecule has 0 aliphatic heterocycles. The predicted molar refractivity (Wildman–Crippen MR) is 67.0 cm³/mol. The fourth-order valence-electron chi connectivity index (χ4n) is 2.52. The average molecular weight is 226 g/mol. The third kappa shape index (κ3) is 4.12. The minimum atomic E-state index is -0.344. The first-order chi connectivity index (χ1) is 7.50. The molecular weight excluding hydrogens is 200 g/mol. The Morgan fingerprint density at radius 2 is 1.88 bits per heavy atom. The van der Waals surface area contributed by atoms with Crippen LogP contribution in [0.15, 0.2) is 0 Å². The summed E-state index contributed by atoms with van der Waals surface area (Å²) < 4.78 is 0. The fraction of sp³-hybridized carbons (Fsp3) is 0.923. The van der Waals surface area contributed by atoms with Crippen LogP contribution in [0.1, 0.15) is 52.9 Å². The normalized spacial score (nSPS) is 21.1. The molecule has 3 nitrogen and oxygen atoms in total. The molecule has 2 atom stereocenters. The molecule has 1 unspecified atom stereocenters. The number of carbonyl (C=O) groups excluding carboxylic acids is 1. The number of hydrogen-bond acceptors (Lipinski definition) is 2. The van der Waals surface area contributed by atoms with E-state index < -0.39 is 0 Å². The van der Waals surface area contributed by atoms with Gasteiger partial charge in [-0.05, 0) is 38.0 Å². The first-order valence-electron chi connectivity index (χ1n) is 6.56. The lowest BCUT2D eigenvalue weighted by Crippen LogP contribution is -2.46. The molecule has 0 spiro atoms. The maximum absolute atomic E-state index is 11.8. The monoisotopic (exact) mass is 226 g/mol. The SMILES string of the molecule is CC(C)C[C@H](N)C(=O)NC(C)C1CCCC1. The zero-order valence-electron chi connectivity index (χ0n) is 10.8. The van der Waals surface area contributed by atoms with Crippen molar-refractivity contribution in [3.05, 3.63) is 0 Å². The van der Waals surface area contributed by atoms with Crippen LogP contribution in [-0.4, -0.2) is 18.0 Å². The van der Waals surface area contributed by atoms with Crippen LogP contribution in [0.3, 0.4) is 0 Å². The summed E-state index contributed by atoms with van der Waals surface area (Å²) in [7, 11) is 0. The van der Waals surface area contributed by atoms with E-state index in [2.05, 4.69) is 26.1 Å². The molecule has 1 rings (SSSR count). The largest absolute Gasteiger partial charge is 0.352 e. The third-order valence-corrected chi connectivity index (χ3v) is 3.54. The van der Waals surface area contributed by atoms with E-state index in [9.17, 15) is 4.79 Å². The van der Waals surface area contributed by atoms with Crippen LogP contribution in [0, 0.1) is 11.8 Å². The van der Waals surface area contributed by atoms with E-state index in [1.165, 1.54) is 25.7 Å². The van der Waals surface area contributed by atoms with Crippen LogP contribution < -0.4 is 11.1 Å². The van der Waals surface area contributed by atoms with Gasteiger partial charge < -0.3 is 11.1 Å². The summed E-state index contributed by atoms with van der Waals surface area (Å²) >= 11 is 0. The van der Waals surface area contributed by atoms with Gasteiger partial charge in [0.15, 0.2) is 0 Å². The van der Waals surface area contributed by atoms with Gasteiger partial charge in [0.2, 0.25) is 5.91 Å². The Morgan fingerprint density at radius 3 is 2.38 bits per heavy atom. The predicted octanol–water partition coefficient (Wildman–Crippen LogP) is 2.05. The van der Waals surface area contributed by atoms with Crippen molar-refractivity contribution >= 4 is 5.91 Å². The molecule has 0 saturated heterocycles. The molecule has 0 heterocycles. The fourth-order valence-corrected chi connectivity index (χ4v) is 2.52. The standard InChI is InChI=1S/C13H26N2O/c1-9(2)8-12(14)13(16)15-10(3)11-6-4-5-7-11/h9-12H,4-8,14H2,1-3H3,(H,15,16)/t10?,12-/m0/s1. The lowest BCUT2D eigenvalue weighted by molar-refractivity contribution is -0.123. The van der Waals surface area contributed by atoms with Crippen molar-refractivity contribution in [1.29, 1.82) is 0 Å². The second-order valence-electron chi connectivity index (χ2n) is 5.58. The van der Waals surface area contributed by atoms with E-state index >= 15 is 0 Å². The summed E-state index contributed by atoms with van der Waals surface area (Å²) in [4.78, 5) is 11.8. The molecule has 3 N–H and O–H groups in total. The van der Waals surface area contributed by atoms with E-state index in [1.54, 1.807) is 0 Å². The molecule has 94 valence electrons. The van der Waals surface area contributed by atoms with Crippen molar-refractivity contribution in [3.8, 4) is 0 Å². The summed E-state index contributed by atoms with van der Waals surface area (Å²) in [5.74, 6) is 1.16. The molecular formula is C13H26N2O. The van der Waals surface area contributed by atoms with Gasteiger partial charge in [0.05, 0.1) is 6.04 Å². The Labute approximate surface area is 99.2 Å². The highest BCUT2D eigenvalue weighted by Gasteiger charge is 2.24. The summed E-state index contributed by atoms with van der Waals surface area (Å²) in [6.07, 6.45) is 5.89. The zero-order valence-corrected chi connectivity index (χ0v) is 10.8. The summed E-state index contributed by atoms with van der Waals surface area (Å²) in [6.45, 7) is 6.29. The van der Waals surface area contributed by atoms with Gasteiger partial charge in [0, 0.05) is 6.04 Å². The molecule has 0 aromatic heterocycles. The lowest BCUT2D eigenvalue weighted by Gasteiger charge is -2.23. The molecule has 1 aliphatic carbocycles. The van der Waals surface area contributed by atoms with Gasteiger partial charge in [-0.2, -0.15) is 0 Å². The van der Waals surface area contributed by atoms with E-state index in [4.69, 9.17) is 5.73 Å². The summed E-state index contributed by atoms with van der Waals surface area (Å²) in [5, 5.41) is 3.06. The van der Waals surface area contributed by atoms with Crippen molar-refractivity contribution < 1.29 is 4.79 Å². The highest BCUT2D eigenvalue weighted by molar-refractivity contribution is 5.81. The molecule has 16 heavy (non-hydrogen) atoms. The van der Waals surface area contributed by atoms with Crippen LogP contribution in [-0.2, 0) is 4.79 Å². The van der Waals surface area contributed by atoms with E-state index in [0.29, 0.717) is 11.8 Å². The average Bonchev–Trinajstić information content (AvgIpc) is 2.68. The number of carbonyl (C=O) groups is 1. The first kappa shape index (κ1) is 13.5. The maximum atomic E-state index is 11.8. The molecule has 0 bridgehead atoms. The zero-order chi connectivity index (χ0) is 12.1. The molecule has 1 amide bonds. The van der Waals surface area contributed by atoms with Gasteiger partial charge >= 0.3 is 0 Å². The Hall–Kier alpha value is -0.570. The molecule has 0 aromatic carbocycles. The van der Waals surface area contributed by atoms with Crippen LogP contribution in [0.2, 0.25) is 0 Å². The van der Waals surface area contributed by atoms with Gasteiger partial charge in [-0.1, -0.05) is 26.7 Å². The van der Waals surface area contributed by atoms with E-state index in [-0.39, 0.29) is 18.0 Å². The van der Waals surface area contributed by atoms with Gasteiger partial charge in [-0.3, -0.25) is 4.79 Å². The van der Waals surface area contributed by atoms with Gasteiger partial charge in [0.25, 0.3) is 0 Å². The lowest BCUT2D eigenvalue weighted by atomic mass is 9.98. The number of rotatable bonds is 5. The highest BCUT2D eigenvalue weighted by Crippen LogP contribution is 2.27. The number of nitrogens with two attached hydrogens (primary N) is 1. The number of hydrogen-bond donors (Lipinski definition) is 2. The van der Waals surface area contributed by atoms with Crippen molar-refractivity contribution in [3.63, 3.8) is 0 Å². The van der Waals surface area contributed by atoms with Crippen LogP contribution in [0.4, 0.5) is 0 Å². The Morgan fingerprint density at radius 1 is 1.31 bits per heavy atom. The second kappa shape index (κ2) is 6.24. The quantitative estimate of drug-likeness (QED) is 0.754. The first-order valence-corrected chi connectivity index (χ1v) is 6.56. The van der Waals surface area contributed by atoms with E-state index in [1.807, 2.05) is 0 Å². The van der Waals surface area contributed by atoms with Crippen molar-refractivity contribution in [2.45, 2.75) is 65.0 Å². The van der Waals surface area contributed by atoms with Crippen molar-refractivity contribution in [2.24, 2.45) is 17.6 Å². The molecule has 3 heteroatoms. The minimum Gasteiger partial charge on any atom is -0.352 e. The Kier molecular flexibility index (Phi) is 5.26. The van der Waals surface area contributed by atoms with Crippen molar-refractivity contribution in [2.75, 3.05) is 0 Å². The summed E-state index contributed by atoms with van der Waals surface area (Å²) in [5.41, 5.74) is 5.85. The minimum absolute atomic E-state index is 0.0214. The maximum Gasteiger partial charge on any atom is 0.237 e. The number of amides is 1. The molecule has 1 fully saturated rings. The van der Waals surface area contributed by atoms with Gasteiger partial charge in [0.1, 0.15) is 0 Å². The van der Waals surface area contributed by atoms with Crippen LogP contribution >= 0.6 is 0 Å². The third-order valence-electron chi connectivity index (χ3n) is 3.54. The van der Waals surface area contributed by atoms with Crippen LogP contribution in [0.5, 0.6) is 0 Å². The van der Waals surface area contributed by atoms with Crippen molar-refractivity contribution in [1.82, 2.24) is 5.32 Å². The Balaban J connectivity index is 2.31. The molecule has 1 aliphatic rings. The molecule has 0 aromatic rings. The highest BCUT2D eigenvalue weighted by atomic mass is 16.2. The van der Waals surface area contributed by atoms with Crippen LogP contribution in [0.25, 0.3) is 0 Å². The van der Waals surface area contributed by atoms with Gasteiger partial charge in [-0.15, -0.1) is 0 Å². The Bertz CT molecular complexity index is 222. The van der Waals surface area contributed by atoms with Gasteiger partial charge in [-0.25, -0.2) is 0 Å². The molecule has 1 saturated carbocycles. The second-order valence-corrected chi connectivity index (χ2v) is 5.58. The number of nitrogens with one attached hydrogen (secondary N) is 1. The molecule has 0 radical (unpaired) electrons. The van der Waals surface area contributed by atoms with E-state index in [0.717, 1.165) is 6.42 Å². The topological polar surface area (TPSA) is 55.1 Å². The summed E-state index contributed by atoms with van der Waals surface area (Å²) in [6, 6.07) is -0.0583. The smallest absolute Gasteiger partial charge is 0.237 e.